The normalized spacial score (nSPS) is 11.6. The number of H-pyrrole nitrogens is 2. The number of carbonyl (C=O) groups excluding carboxylic acids is 1. The first-order chi connectivity index (χ1) is 20.7. The number of fused-ring (bicyclic) bond motifs is 2. The van der Waals surface area contributed by atoms with Gasteiger partial charge in [0.05, 0.1) is 34.8 Å². The number of nitrogens with zero attached hydrogens (tertiary/aromatic N) is 6. The summed E-state index contributed by atoms with van der Waals surface area (Å²) in [5, 5.41) is 14.5. The monoisotopic (exact) mass is 578 g/mol. The first kappa shape index (κ1) is 27.9. The molecule has 12 heteroatoms. The number of rotatable bonds is 9. The highest BCUT2D eigenvalue weighted by atomic mass is 19.1. The Morgan fingerprint density at radius 3 is 2.67 bits per heavy atom. The molecule has 4 N–H and O–H groups in total. The largest absolute Gasteiger partial charge is 0.384 e. The lowest BCUT2D eigenvalue weighted by Gasteiger charge is -2.13. The summed E-state index contributed by atoms with van der Waals surface area (Å²) in [4.78, 5) is 35.6. The van der Waals surface area contributed by atoms with Crippen LogP contribution in [0.4, 0.5) is 15.8 Å². The van der Waals surface area contributed by atoms with Gasteiger partial charge in [0.25, 0.3) is 0 Å². The molecule has 0 saturated heterocycles. The van der Waals surface area contributed by atoms with Gasteiger partial charge >= 0.3 is 0 Å². The third-order valence-corrected chi connectivity index (χ3v) is 6.99. The summed E-state index contributed by atoms with van der Waals surface area (Å²) in [5.74, 6) is -0.0732. The molecule has 0 unspecified atom stereocenters. The Labute approximate surface area is 247 Å². The van der Waals surface area contributed by atoms with Gasteiger partial charge in [0.1, 0.15) is 11.5 Å². The second-order valence-corrected chi connectivity index (χ2v) is 10.9. The van der Waals surface area contributed by atoms with Crippen molar-refractivity contribution in [3.63, 3.8) is 0 Å². The third-order valence-electron chi connectivity index (χ3n) is 6.99. The number of carbonyl (C=O) groups is 1. The Morgan fingerprint density at radius 1 is 1.02 bits per heavy atom. The Bertz CT molecular complexity index is 1940. The predicted octanol–water partition coefficient (Wildman–Crippen LogP) is 5.33. The van der Waals surface area contributed by atoms with E-state index < -0.39 is 0 Å². The number of pyridine rings is 3. The van der Waals surface area contributed by atoms with E-state index in [2.05, 4.69) is 45.7 Å². The van der Waals surface area contributed by atoms with Crippen LogP contribution in [0, 0.1) is 11.7 Å². The van der Waals surface area contributed by atoms with Gasteiger partial charge in [-0.15, -0.1) is 0 Å². The van der Waals surface area contributed by atoms with Crippen LogP contribution in [0.2, 0.25) is 0 Å². The summed E-state index contributed by atoms with van der Waals surface area (Å²) in [6.07, 6.45) is 6.66. The number of benzene rings is 1. The van der Waals surface area contributed by atoms with E-state index in [1.54, 1.807) is 24.8 Å². The van der Waals surface area contributed by atoms with Crippen molar-refractivity contribution in [1.82, 2.24) is 40.0 Å². The molecule has 43 heavy (non-hydrogen) atoms. The van der Waals surface area contributed by atoms with Gasteiger partial charge in [-0.05, 0) is 56.1 Å². The summed E-state index contributed by atoms with van der Waals surface area (Å²) in [6.45, 7) is 5.17. The van der Waals surface area contributed by atoms with Gasteiger partial charge in [0, 0.05) is 53.6 Å². The molecule has 0 spiro atoms. The van der Waals surface area contributed by atoms with Gasteiger partial charge < -0.3 is 20.5 Å². The summed E-state index contributed by atoms with van der Waals surface area (Å²) in [7, 11) is 3.98. The van der Waals surface area contributed by atoms with E-state index in [0.29, 0.717) is 51.9 Å². The number of aromatic amines is 2. The molecule has 0 saturated carbocycles. The van der Waals surface area contributed by atoms with Gasteiger partial charge in [-0.3, -0.25) is 19.9 Å². The fourth-order valence-corrected chi connectivity index (χ4v) is 4.72. The van der Waals surface area contributed by atoms with Crippen LogP contribution in [0.25, 0.3) is 56.0 Å². The Morgan fingerprint density at radius 2 is 1.86 bits per heavy atom. The van der Waals surface area contributed by atoms with Crippen LogP contribution in [-0.4, -0.2) is 73.1 Å². The summed E-state index contributed by atoms with van der Waals surface area (Å²) < 4.78 is 14.7. The minimum atomic E-state index is -0.338. The molecule has 0 atom stereocenters. The Hall–Kier alpha value is -5.23. The number of anilines is 2. The summed E-state index contributed by atoms with van der Waals surface area (Å²) in [6, 6.07) is 10.5. The number of hydrogen-bond acceptors (Lipinski definition) is 8. The fourth-order valence-electron chi connectivity index (χ4n) is 4.72. The maximum atomic E-state index is 14.7. The molecule has 0 radical (unpaired) electrons. The van der Waals surface area contributed by atoms with Crippen molar-refractivity contribution < 1.29 is 9.18 Å². The fraction of sp³-hybridized carbons (Fsp3) is 0.226. The first-order valence-electron chi connectivity index (χ1n) is 13.9. The van der Waals surface area contributed by atoms with Gasteiger partial charge in [0.15, 0.2) is 11.5 Å². The Kier molecular flexibility index (Phi) is 7.51. The molecule has 11 nitrogen and oxygen atoms in total. The molecule has 1 amide bonds. The van der Waals surface area contributed by atoms with E-state index >= 15 is 0 Å². The van der Waals surface area contributed by atoms with Crippen molar-refractivity contribution in [2.24, 2.45) is 5.92 Å². The molecule has 5 aromatic heterocycles. The predicted molar refractivity (Wildman–Crippen MR) is 166 cm³/mol. The third kappa shape index (κ3) is 5.90. The zero-order valence-electron chi connectivity index (χ0n) is 24.2. The topological polar surface area (TPSA) is 140 Å². The van der Waals surface area contributed by atoms with Crippen molar-refractivity contribution in [2.45, 2.75) is 13.8 Å². The average molecular weight is 579 g/mol. The molecule has 0 aliphatic heterocycles. The quantitative estimate of drug-likeness (QED) is 0.180. The van der Waals surface area contributed by atoms with Crippen molar-refractivity contribution >= 4 is 39.3 Å². The zero-order valence-corrected chi connectivity index (χ0v) is 24.2. The van der Waals surface area contributed by atoms with Crippen LogP contribution in [-0.2, 0) is 4.79 Å². The van der Waals surface area contributed by atoms with Crippen LogP contribution in [0.3, 0.4) is 0 Å². The SMILES string of the molecule is CC(C)C(=O)Nc1cncc(-c2cc3c(-c4nc5nccc(-c6cc(F)cc(NCCN(C)C)c6)c5[nH]4)n[nH]c3cn2)c1. The highest BCUT2D eigenvalue weighted by molar-refractivity contribution is 5.97. The van der Waals surface area contributed by atoms with Gasteiger partial charge in [-0.1, -0.05) is 13.8 Å². The minimum absolute atomic E-state index is 0.0904. The van der Waals surface area contributed by atoms with Crippen molar-refractivity contribution in [3.05, 3.63) is 67.0 Å². The zero-order chi connectivity index (χ0) is 30.1. The second kappa shape index (κ2) is 11.6. The average Bonchev–Trinajstić information content (AvgIpc) is 3.60. The van der Waals surface area contributed by atoms with Crippen LogP contribution >= 0.6 is 0 Å². The molecule has 0 fully saturated rings. The van der Waals surface area contributed by atoms with Crippen LogP contribution in [0.5, 0.6) is 0 Å². The van der Waals surface area contributed by atoms with Crippen LogP contribution in [0.15, 0.2) is 61.2 Å². The number of halogens is 1. The molecule has 5 heterocycles. The van der Waals surface area contributed by atoms with E-state index in [1.807, 2.05) is 52.2 Å². The number of amides is 1. The lowest BCUT2D eigenvalue weighted by Crippen LogP contribution is -2.20. The molecule has 6 rings (SSSR count). The van der Waals surface area contributed by atoms with Crippen molar-refractivity contribution in [1.29, 1.82) is 0 Å². The van der Waals surface area contributed by atoms with Gasteiger partial charge in [-0.25, -0.2) is 14.4 Å². The molecule has 0 aliphatic carbocycles. The maximum Gasteiger partial charge on any atom is 0.226 e. The van der Waals surface area contributed by atoms with E-state index in [1.165, 1.54) is 12.1 Å². The summed E-state index contributed by atoms with van der Waals surface area (Å²) in [5.41, 5.74) is 6.63. The highest BCUT2D eigenvalue weighted by Crippen LogP contribution is 2.33. The smallest absolute Gasteiger partial charge is 0.226 e. The first-order valence-corrected chi connectivity index (χ1v) is 13.9. The molecular weight excluding hydrogens is 547 g/mol. The van der Waals surface area contributed by atoms with Gasteiger partial charge in [0.2, 0.25) is 5.91 Å². The summed E-state index contributed by atoms with van der Waals surface area (Å²) >= 11 is 0. The van der Waals surface area contributed by atoms with Crippen LogP contribution in [0.1, 0.15) is 13.8 Å². The van der Waals surface area contributed by atoms with E-state index in [4.69, 9.17) is 4.98 Å². The molecular formula is C31H31FN10O. The van der Waals surface area contributed by atoms with Crippen LogP contribution < -0.4 is 10.6 Å². The number of likely N-dealkylation sites (N-methyl/N-ethyl adjacent to an activating group) is 1. The van der Waals surface area contributed by atoms with E-state index in [0.717, 1.165) is 28.6 Å². The number of hydrogen-bond donors (Lipinski definition) is 4. The lowest BCUT2D eigenvalue weighted by atomic mass is 10.0. The second-order valence-electron chi connectivity index (χ2n) is 10.9. The number of aromatic nitrogens is 7. The van der Waals surface area contributed by atoms with E-state index in [9.17, 15) is 9.18 Å². The van der Waals surface area contributed by atoms with Crippen molar-refractivity contribution in [3.8, 4) is 33.9 Å². The van der Waals surface area contributed by atoms with Crippen molar-refractivity contribution in [2.75, 3.05) is 37.8 Å². The highest BCUT2D eigenvalue weighted by Gasteiger charge is 2.18. The lowest BCUT2D eigenvalue weighted by molar-refractivity contribution is -0.118. The standard InChI is InChI=1S/C31H31FN10O/c1-17(2)31(43)37-22-11-19(14-33-15-22)25-13-24-26(16-36-25)40-41-28(24)30-38-27-23(5-6-35-29(27)39-30)18-9-20(32)12-21(10-18)34-7-8-42(3)4/h5-6,9-17,34H,7-8H2,1-4H3,(H,37,43)(H,40,41)(H,35,38,39). The maximum absolute atomic E-state index is 14.7. The molecule has 0 aliphatic rings. The molecule has 6 aromatic rings. The molecule has 218 valence electrons. The molecule has 1 aromatic carbocycles. The minimum Gasteiger partial charge on any atom is -0.384 e. The number of nitrogens with one attached hydrogen (secondary N) is 4. The Balaban J connectivity index is 1.36. The molecule has 0 bridgehead atoms. The van der Waals surface area contributed by atoms with E-state index in [-0.39, 0.29) is 17.6 Å². The van der Waals surface area contributed by atoms with Gasteiger partial charge in [-0.2, -0.15) is 5.10 Å². The number of imidazole rings is 1.